The summed E-state index contributed by atoms with van der Waals surface area (Å²) in [5.74, 6) is 0. The lowest BCUT2D eigenvalue weighted by Crippen LogP contribution is -2.16. The molecule has 1 aromatic carbocycles. The van der Waals surface area contributed by atoms with Crippen molar-refractivity contribution >= 4 is 22.6 Å². The number of rotatable bonds is 3. The lowest BCUT2D eigenvalue weighted by Gasteiger charge is -2.10. The van der Waals surface area contributed by atoms with Gasteiger partial charge in [0.15, 0.2) is 5.29 Å². The molecule has 0 radical (unpaired) electrons. The maximum absolute atomic E-state index is 5.43. The van der Waals surface area contributed by atoms with E-state index in [2.05, 4.69) is 10.3 Å². The molecule has 0 aliphatic carbocycles. The van der Waals surface area contributed by atoms with Crippen LogP contribution in [0.25, 0.3) is 0 Å². The van der Waals surface area contributed by atoms with Crippen LogP contribution in [-0.4, -0.2) is 11.5 Å². The molecule has 1 unspecified atom stereocenters. The van der Waals surface area contributed by atoms with Gasteiger partial charge in [-0.05, 0) is 30.7 Å². The van der Waals surface area contributed by atoms with Crippen molar-refractivity contribution in [3.05, 3.63) is 30.3 Å². The molecule has 0 spiro atoms. The largest absolute Gasteiger partial charge is 0.374 e. The van der Waals surface area contributed by atoms with Gasteiger partial charge in [0.05, 0.1) is 0 Å². The lowest BCUT2D eigenvalue weighted by atomic mass is 10.3. The molecule has 13 heavy (non-hydrogen) atoms. The number of halogens is 1. The number of benzene rings is 1. The van der Waals surface area contributed by atoms with Crippen LogP contribution in [0, 0.1) is 0 Å². The Bertz CT molecular complexity index is 280. The molecule has 0 fully saturated rings. The SMILES string of the molecule is CC(N=C(N)Cl)Nc1ccccc1. The number of aliphatic imine (C=N–C) groups is 1. The Morgan fingerprint density at radius 1 is 1.46 bits per heavy atom. The molecule has 3 N–H and O–H groups in total. The minimum Gasteiger partial charge on any atom is -0.374 e. The summed E-state index contributed by atoms with van der Waals surface area (Å²) in [5.41, 5.74) is 6.22. The van der Waals surface area contributed by atoms with E-state index in [9.17, 15) is 0 Å². The van der Waals surface area contributed by atoms with E-state index >= 15 is 0 Å². The van der Waals surface area contributed by atoms with Crippen LogP contribution in [0.2, 0.25) is 0 Å². The average Bonchev–Trinajstić information content (AvgIpc) is 2.04. The quantitative estimate of drug-likeness (QED) is 0.443. The first-order chi connectivity index (χ1) is 6.18. The smallest absolute Gasteiger partial charge is 0.190 e. The second kappa shape index (κ2) is 4.72. The fraction of sp³-hybridized carbons (Fsp3) is 0.222. The summed E-state index contributed by atoms with van der Waals surface area (Å²) >= 11 is 5.43. The van der Waals surface area contributed by atoms with Crippen LogP contribution < -0.4 is 11.1 Å². The van der Waals surface area contributed by atoms with Crippen molar-refractivity contribution < 1.29 is 0 Å². The molecule has 3 nitrogen and oxygen atoms in total. The standard InChI is InChI=1S/C9H12ClN3/c1-7(13-9(10)11)12-8-5-3-2-4-6-8/h2-7,12H,1H3,(H2,11,13). The third-order valence-electron chi connectivity index (χ3n) is 1.47. The van der Waals surface area contributed by atoms with Gasteiger partial charge in [0.25, 0.3) is 0 Å². The highest BCUT2D eigenvalue weighted by Crippen LogP contribution is 2.07. The van der Waals surface area contributed by atoms with E-state index in [4.69, 9.17) is 17.3 Å². The molecule has 0 amide bonds. The molecule has 0 bridgehead atoms. The van der Waals surface area contributed by atoms with Crippen LogP contribution in [0.1, 0.15) is 6.92 Å². The highest BCUT2D eigenvalue weighted by atomic mass is 35.5. The molecule has 1 rings (SSSR count). The van der Waals surface area contributed by atoms with Crippen molar-refractivity contribution in [2.75, 3.05) is 5.32 Å². The fourth-order valence-corrected chi connectivity index (χ4v) is 1.14. The third kappa shape index (κ3) is 3.80. The molecule has 0 heterocycles. The maximum atomic E-state index is 5.43. The number of hydrogen-bond donors (Lipinski definition) is 2. The molecule has 4 heteroatoms. The number of nitrogens with two attached hydrogens (primary N) is 1. The summed E-state index contributed by atoms with van der Waals surface area (Å²) in [5, 5.41) is 3.19. The van der Waals surface area contributed by atoms with Crippen LogP contribution in [0.4, 0.5) is 5.69 Å². The summed E-state index contributed by atoms with van der Waals surface area (Å²) in [7, 11) is 0. The van der Waals surface area contributed by atoms with E-state index in [1.54, 1.807) is 0 Å². The van der Waals surface area contributed by atoms with Crippen LogP contribution in [0.15, 0.2) is 35.3 Å². The Hall–Kier alpha value is -1.22. The second-order valence-electron chi connectivity index (χ2n) is 2.64. The zero-order chi connectivity index (χ0) is 9.68. The van der Waals surface area contributed by atoms with Gasteiger partial charge < -0.3 is 11.1 Å². The summed E-state index contributed by atoms with van der Waals surface area (Å²) in [4.78, 5) is 3.92. The van der Waals surface area contributed by atoms with Gasteiger partial charge in [-0.25, -0.2) is 4.99 Å². The summed E-state index contributed by atoms with van der Waals surface area (Å²) in [6, 6.07) is 9.76. The van der Waals surface area contributed by atoms with Crippen molar-refractivity contribution in [2.45, 2.75) is 13.1 Å². The second-order valence-corrected chi connectivity index (χ2v) is 3.03. The molecular weight excluding hydrogens is 186 g/mol. The minimum atomic E-state index is -0.111. The number of anilines is 1. The summed E-state index contributed by atoms with van der Waals surface area (Å²) < 4.78 is 0. The van der Waals surface area contributed by atoms with E-state index in [-0.39, 0.29) is 11.5 Å². The van der Waals surface area contributed by atoms with Gasteiger partial charge in [0.1, 0.15) is 6.17 Å². The lowest BCUT2D eigenvalue weighted by molar-refractivity contribution is 0.854. The van der Waals surface area contributed by atoms with Crippen LogP contribution in [0.3, 0.4) is 0 Å². The van der Waals surface area contributed by atoms with Gasteiger partial charge >= 0.3 is 0 Å². The highest BCUT2D eigenvalue weighted by Gasteiger charge is 1.97. The molecule has 0 saturated carbocycles. The predicted molar refractivity (Wildman–Crippen MR) is 57.0 cm³/mol. The summed E-state index contributed by atoms with van der Waals surface area (Å²) in [6.45, 7) is 1.88. The molecule has 0 aliphatic heterocycles. The molecule has 1 atom stereocenters. The molecular formula is C9H12ClN3. The fourth-order valence-electron chi connectivity index (χ4n) is 0.993. The Morgan fingerprint density at radius 3 is 2.62 bits per heavy atom. The Balaban J connectivity index is 2.55. The van der Waals surface area contributed by atoms with Crippen molar-refractivity contribution in [1.82, 2.24) is 0 Å². The molecule has 0 saturated heterocycles. The van der Waals surface area contributed by atoms with Crippen molar-refractivity contribution in [2.24, 2.45) is 10.7 Å². The summed E-state index contributed by atoms with van der Waals surface area (Å²) in [6.07, 6.45) is -0.111. The molecule has 70 valence electrons. The van der Waals surface area contributed by atoms with E-state index in [1.165, 1.54) is 0 Å². The Kier molecular flexibility index (Phi) is 3.58. The van der Waals surface area contributed by atoms with Gasteiger partial charge in [-0.1, -0.05) is 18.2 Å². The third-order valence-corrected chi connectivity index (χ3v) is 1.56. The Labute approximate surface area is 82.6 Å². The van der Waals surface area contributed by atoms with E-state index in [0.29, 0.717) is 0 Å². The van der Waals surface area contributed by atoms with Gasteiger partial charge in [-0.2, -0.15) is 0 Å². The molecule has 0 aromatic heterocycles. The van der Waals surface area contributed by atoms with Crippen LogP contribution in [0.5, 0.6) is 0 Å². The number of nitrogens with one attached hydrogen (secondary N) is 1. The normalized spacial score (nSPS) is 13.8. The topological polar surface area (TPSA) is 50.4 Å². The number of para-hydroxylation sites is 1. The van der Waals surface area contributed by atoms with Crippen molar-refractivity contribution in [3.8, 4) is 0 Å². The monoisotopic (exact) mass is 197 g/mol. The Morgan fingerprint density at radius 2 is 2.08 bits per heavy atom. The van der Waals surface area contributed by atoms with E-state index < -0.39 is 0 Å². The minimum absolute atomic E-state index is 0.0657. The highest BCUT2D eigenvalue weighted by molar-refractivity contribution is 6.64. The number of nitrogens with zero attached hydrogens (tertiary/aromatic N) is 1. The van der Waals surface area contributed by atoms with Crippen LogP contribution in [-0.2, 0) is 0 Å². The first-order valence-corrected chi connectivity index (χ1v) is 4.36. The van der Waals surface area contributed by atoms with Gasteiger partial charge in [-0.3, -0.25) is 0 Å². The number of hydrogen-bond acceptors (Lipinski definition) is 2. The van der Waals surface area contributed by atoms with Crippen molar-refractivity contribution in [1.29, 1.82) is 0 Å². The molecule has 1 aromatic rings. The van der Waals surface area contributed by atoms with E-state index in [1.807, 2.05) is 37.3 Å². The van der Waals surface area contributed by atoms with Gasteiger partial charge in [0.2, 0.25) is 0 Å². The van der Waals surface area contributed by atoms with Crippen molar-refractivity contribution in [3.63, 3.8) is 0 Å². The van der Waals surface area contributed by atoms with E-state index in [0.717, 1.165) is 5.69 Å². The zero-order valence-electron chi connectivity index (χ0n) is 7.37. The first kappa shape index (κ1) is 9.86. The van der Waals surface area contributed by atoms with Crippen LogP contribution >= 0.6 is 11.6 Å². The molecule has 0 aliphatic rings. The van der Waals surface area contributed by atoms with Gasteiger partial charge in [0, 0.05) is 5.69 Å². The predicted octanol–water partition coefficient (Wildman–Crippen LogP) is 2.00. The zero-order valence-corrected chi connectivity index (χ0v) is 8.12. The maximum Gasteiger partial charge on any atom is 0.190 e. The van der Waals surface area contributed by atoms with Gasteiger partial charge in [-0.15, -0.1) is 0 Å². The average molecular weight is 198 g/mol. The number of amidine groups is 1. The first-order valence-electron chi connectivity index (χ1n) is 3.99.